The molecule has 0 bridgehead atoms. The Labute approximate surface area is 251 Å². The molecule has 3 aromatic rings. The summed E-state index contributed by atoms with van der Waals surface area (Å²) in [6, 6.07) is 10.5. The first-order chi connectivity index (χ1) is 20.8. The van der Waals surface area contributed by atoms with E-state index in [1.54, 1.807) is 6.07 Å². The molecule has 1 saturated heterocycles. The van der Waals surface area contributed by atoms with Crippen LogP contribution in [0.4, 0.5) is 32.2 Å². The topological polar surface area (TPSA) is 69.1 Å². The summed E-state index contributed by atoms with van der Waals surface area (Å²) in [7, 11) is 1.33. The molecule has 1 aliphatic heterocycles. The van der Waals surface area contributed by atoms with Gasteiger partial charge in [0.25, 0.3) is 5.91 Å². The number of rotatable bonds is 10. The number of hydrogen-bond donors (Lipinski definition) is 1. The van der Waals surface area contributed by atoms with Gasteiger partial charge >= 0.3 is 12.4 Å². The van der Waals surface area contributed by atoms with Crippen molar-refractivity contribution in [2.45, 2.75) is 25.8 Å². The minimum atomic E-state index is -4.99. The van der Waals surface area contributed by atoms with Gasteiger partial charge in [-0.05, 0) is 53.4 Å². The first-order valence-electron chi connectivity index (χ1n) is 14.0. The summed E-state index contributed by atoms with van der Waals surface area (Å²) in [6.45, 7) is 5.76. The molecule has 0 atom stereocenters. The van der Waals surface area contributed by atoms with Gasteiger partial charge in [0.2, 0.25) is 0 Å². The standard InChI is InChI=1S/C31H34F6N4O3/c1-21-5-3-4-6-25(21)26-18-28(41-9-7-40(8-10-41)11-13-44-14-12-42)38-19-27(26)29(43)39(2)20-22-15-23(30(32,33)34)17-24(16-22)31(35,36)37/h3-6,15-19,42H,7-14,20H2,1-2H3. The van der Waals surface area contributed by atoms with Crippen molar-refractivity contribution < 1.29 is 41.0 Å². The summed E-state index contributed by atoms with van der Waals surface area (Å²) in [5.41, 5.74) is -0.810. The molecule has 0 unspecified atom stereocenters. The number of anilines is 1. The van der Waals surface area contributed by atoms with Crippen LogP contribution in [0.25, 0.3) is 11.1 Å². The molecule has 7 nitrogen and oxygen atoms in total. The van der Waals surface area contributed by atoms with Crippen LogP contribution < -0.4 is 4.90 Å². The number of alkyl halides is 6. The molecular formula is C31H34F6N4O3. The van der Waals surface area contributed by atoms with E-state index in [0.717, 1.165) is 35.7 Å². The third-order valence-electron chi connectivity index (χ3n) is 7.45. The van der Waals surface area contributed by atoms with E-state index in [4.69, 9.17) is 9.84 Å². The van der Waals surface area contributed by atoms with E-state index in [1.807, 2.05) is 31.2 Å². The maximum absolute atomic E-state index is 13.7. The number of halogens is 6. The predicted molar refractivity (Wildman–Crippen MR) is 153 cm³/mol. The zero-order chi connectivity index (χ0) is 32.1. The smallest absolute Gasteiger partial charge is 0.394 e. The van der Waals surface area contributed by atoms with E-state index < -0.39 is 35.9 Å². The van der Waals surface area contributed by atoms with Crippen LogP contribution in [0.15, 0.2) is 54.7 Å². The Hall–Kier alpha value is -3.68. The summed E-state index contributed by atoms with van der Waals surface area (Å²) in [4.78, 5) is 23.6. The third kappa shape index (κ3) is 8.27. The largest absolute Gasteiger partial charge is 0.416 e. The fraction of sp³-hybridized carbons (Fsp3) is 0.419. The molecule has 1 fully saturated rings. The van der Waals surface area contributed by atoms with Gasteiger partial charge in [-0.2, -0.15) is 26.3 Å². The second-order valence-corrected chi connectivity index (χ2v) is 10.6. The number of carbonyl (C=O) groups excluding carboxylic acids is 1. The van der Waals surface area contributed by atoms with Gasteiger partial charge in [-0.3, -0.25) is 9.69 Å². The lowest BCUT2D eigenvalue weighted by atomic mass is 9.96. The number of carbonyl (C=O) groups is 1. The van der Waals surface area contributed by atoms with Gasteiger partial charge in [0, 0.05) is 52.5 Å². The fourth-order valence-electron chi connectivity index (χ4n) is 5.11. The van der Waals surface area contributed by atoms with Gasteiger partial charge in [0.05, 0.1) is 36.5 Å². The Kier molecular flexibility index (Phi) is 10.5. The molecule has 2 heterocycles. The van der Waals surface area contributed by atoms with Crippen molar-refractivity contribution >= 4 is 11.7 Å². The summed E-state index contributed by atoms with van der Waals surface area (Å²) >= 11 is 0. The first-order valence-corrected chi connectivity index (χ1v) is 14.0. The number of benzene rings is 2. The number of piperazine rings is 1. The van der Waals surface area contributed by atoms with Crippen LogP contribution in [0.5, 0.6) is 0 Å². The van der Waals surface area contributed by atoms with E-state index >= 15 is 0 Å². The lowest BCUT2D eigenvalue weighted by Crippen LogP contribution is -2.47. The number of hydrogen-bond acceptors (Lipinski definition) is 6. The van der Waals surface area contributed by atoms with Crippen molar-refractivity contribution in [2.75, 3.05) is 64.5 Å². The highest BCUT2D eigenvalue weighted by atomic mass is 19.4. The molecule has 44 heavy (non-hydrogen) atoms. The van der Waals surface area contributed by atoms with E-state index in [1.165, 1.54) is 13.2 Å². The molecular weight excluding hydrogens is 590 g/mol. The molecule has 1 N–H and O–H groups in total. The molecule has 238 valence electrons. The zero-order valence-electron chi connectivity index (χ0n) is 24.4. The Balaban J connectivity index is 1.60. The quantitative estimate of drug-likeness (QED) is 0.238. The Morgan fingerprint density at radius 2 is 1.57 bits per heavy atom. The highest BCUT2D eigenvalue weighted by Crippen LogP contribution is 2.37. The normalized spacial score (nSPS) is 14.6. The van der Waals surface area contributed by atoms with E-state index in [0.29, 0.717) is 49.8 Å². The molecule has 0 spiro atoms. The van der Waals surface area contributed by atoms with Gasteiger partial charge in [-0.1, -0.05) is 24.3 Å². The number of aryl methyl sites for hydroxylation is 1. The molecule has 1 amide bonds. The fourth-order valence-corrected chi connectivity index (χ4v) is 5.11. The van der Waals surface area contributed by atoms with E-state index in [9.17, 15) is 31.1 Å². The van der Waals surface area contributed by atoms with Crippen molar-refractivity contribution in [3.8, 4) is 11.1 Å². The Morgan fingerprint density at radius 1 is 0.932 bits per heavy atom. The number of nitrogens with zero attached hydrogens (tertiary/aromatic N) is 4. The van der Waals surface area contributed by atoms with Crippen molar-refractivity contribution in [3.05, 3.63) is 82.5 Å². The monoisotopic (exact) mass is 624 g/mol. The molecule has 4 rings (SSSR count). The third-order valence-corrected chi connectivity index (χ3v) is 7.45. The SMILES string of the molecule is Cc1ccccc1-c1cc(N2CCN(CCOCCO)CC2)ncc1C(=O)N(C)Cc1cc(C(F)(F)F)cc(C(F)(F)F)c1. The van der Waals surface area contributed by atoms with Gasteiger partial charge in [-0.15, -0.1) is 0 Å². The summed E-state index contributed by atoms with van der Waals surface area (Å²) < 4.78 is 85.7. The van der Waals surface area contributed by atoms with Crippen LogP contribution in [0.2, 0.25) is 0 Å². The molecule has 0 saturated carbocycles. The van der Waals surface area contributed by atoms with Crippen LogP contribution in [0.3, 0.4) is 0 Å². The lowest BCUT2D eigenvalue weighted by Gasteiger charge is -2.35. The molecule has 0 aliphatic carbocycles. The minimum Gasteiger partial charge on any atom is -0.394 e. The van der Waals surface area contributed by atoms with Gasteiger partial charge in [-0.25, -0.2) is 4.98 Å². The van der Waals surface area contributed by atoms with Crippen molar-refractivity contribution in [3.63, 3.8) is 0 Å². The van der Waals surface area contributed by atoms with Crippen LogP contribution in [0.1, 0.15) is 32.6 Å². The number of aromatic nitrogens is 1. The van der Waals surface area contributed by atoms with Gasteiger partial charge < -0.3 is 19.6 Å². The highest BCUT2D eigenvalue weighted by Gasteiger charge is 2.37. The molecule has 1 aliphatic rings. The number of pyridine rings is 1. The lowest BCUT2D eigenvalue weighted by molar-refractivity contribution is -0.143. The highest BCUT2D eigenvalue weighted by molar-refractivity contribution is 6.01. The summed E-state index contributed by atoms with van der Waals surface area (Å²) in [6.07, 6.45) is -8.57. The first kappa shape index (κ1) is 33.2. The van der Waals surface area contributed by atoms with Crippen molar-refractivity contribution in [1.29, 1.82) is 0 Å². The van der Waals surface area contributed by atoms with Crippen molar-refractivity contribution in [1.82, 2.24) is 14.8 Å². The molecule has 1 aromatic heterocycles. The number of amides is 1. The van der Waals surface area contributed by atoms with Gasteiger partial charge in [0.15, 0.2) is 0 Å². The second-order valence-electron chi connectivity index (χ2n) is 10.6. The summed E-state index contributed by atoms with van der Waals surface area (Å²) in [5, 5.41) is 8.86. The average Bonchev–Trinajstić information content (AvgIpc) is 2.98. The number of ether oxygens (including phenoxy) is 1. The maximum Gasteiger partial charge on any atom is 0.416 e. The summed E-state index contributed by atoms with van der Waals surface area (Å²) in [5.74, 6) is 0.0484. The van der Waals surface area contributed by atoms with Crippen LogP contribution in [0, 0.1) is 6.92 Å². The number of aliphatic hydroxyl groups excluding tert-OH is 1. The molecule has 0 radical (unpaired) electrons. The van der Waals surface area contributed by atoms with Crippen molar-refractivity contribution in [2.24, 2.45) is 0 Å². The van der Waals surface area contributed by atoms with Crippen LogP contribution in [-0.4, -0.2) is 85.4 Å². The van der Waals surface area contributed by atoms with E-state index in [2.05, 4.69) is 14.8 Å². The molecule has 13 heteroatoms. The molecule has 2 aromatic carbocycles. The van der Waals surface area contributed by atoms with Gasteiger partial charge in [0.1, 0.15) is 5.82 Å². The van der Waals surface area contributed by atoms with E-state index in [-0.39, 0.29) is 23.8 Å². The van der Waals surface area contributed by atoms with Crippen LogP contribution in [-0.2, 0) is 23.6 Å². The Bertz CT molecular complexity index is 1410. The minimum absolute atomic E-state index is 0.0266. The predicted octanol–water partition coefficient (Wildman–Crippen LogP) is 5.50. The zero-order valence-corrected chi connectivity index (χ0v) is 24.4. The van der Waals surface area contributed by atoms with Crippen LogP contribution >= 0.6 is 0 Å². The second kappa shape index (κ2) is 14.0. The Morgan fingerprint density at radius 3 is 2.16 bits per heavy atom. The number of aliphatic hydroxyl groups is 1. The average molecular weight is 625 g/mol. The maximum atomic E-state index is 13.7.